The van der Waals surface area contributed by atoms with Gasteiger partial charge < -0.3 is 9.47 Å². The van der Waals surface area contributed by atoms with Crippen molar-refractivity contribution in [1.29, 1.82) is 0 Å². The summed E-state index contributed by atoms with van der Waals surface area (Å²) in [6, 6.07) is 22.5. The summed E-state index contributed by atoms with van der Waals surface area (Å²) in [7, 11) is 1.24. The highest BCUT2D eigenvalue weighted by Crippen LogP contribution is 2.27. The predicted octanol–water partition coefficient (Wildman–Crippen LogP) is 3.65. The summed E-state index contributed by atoms with van der Waals surface area (Å²) in [6.07, 6.45) is 0.126. The van der Waals surface area contributed by atoms with Crippen LogP contribution in [0.3, 0.4) is 0 Å². The van der Waals surface area contributed by atoms with E-state index in [2.05, 4.69) is 0 Å². The molecule has 1 atom stereocenters. The van der Waals surface area contributed by atoms with Gasteiger partial charge >= 0.3 is 5.97 Å². The highest BCUT2D eigenvalue weighted by molar-refractivity contribution is 6.22. The van der Waals surface area contributed by atoms with Crippen LogP contribution in [0.1, 0.15) is 31.8 Å². The van der Waals surface area contributed by atoms with E-state index in [4.69, 9.17) is 9.47 Å². The highest BCUT2D eigenvalue weighted by Gasteiger charge is 2.43. The zero-order valence-corrected chi connectivity index (χ0v) is 17.0. The number of methoxy groups -OCH3 is 1. The zero-order valence-electron chi connectivity index (χ0n) is 17.0. The number of esters is 1. The van der Waals surface area contributed by atoms with Gasteiger partial charge in [0.1, 0.15) is 18.4 Å². The van der Waals surface area contributed by atoms with Crippen molar-refractivity contribution in [3.63, 3.8) is 0 Å². The second-order valence-electron chi connectivity index (χ2n) is 7.19. The molecule has 156 valence electrons. The summed E-state index contributed by atoms with van der Waals surface area (Å²) in [5, 5.41) is 0. The van der Waals surface area contributed by atoms with Gasteiger partial charge in [-0.1, -0.05) is 54.6 Å². The Balaban J connectivity index is 1.55. The first-order valence-electron chi connectivity index (χ1n) is 9.89. The molecule has 0 aliphatic carbocycles. The molecule has 0 N–H and O–H groups in total. The topological polar surface area (TPSA) is 72.9 Å². The molecule has 6 nitrogen and oxygen atoms in total. The van der Waals surface area contributed by atoms with Gasteiger partial charge in [0.25, 0.3) is 11.8 Å². The van der Waals surface area contributed by atoms with Crippen molar-refractivity contribution >= 4 is 17.8 Å². The van der Waals surface area contributed by atoms with E-state index >= 15 is 0 Å². The normalized spacial score (nSPS) is 13.6. The van der Waals surface area contributed by atoms with Crippen molar-refractivity contribution in [2.24, 2.45) is 0 Å². The highest BCUT2D eigenvalue weighted by atomic mass is 16.5. The Hall–Kier alpha value is -3.93. The largest absolute Gasteiger partial charge is 0.489 e. The molecule has 1 heterocycles. The quantitative estimate of drug-likeness (QED) is 0.435. The number of rotatable bonds is 7. The number of hydrogen-bond donors (Lipinski definition) is 0. The van der Waals surface area contributed by atoms with E-state index in [0.29, 0.717) is 23.5 Å². The van der Waals surface area contributed by atoms with Gasteiger partial charge in [-0.15, -0.1) is 0 Å². The Morgan fingerprint density at radius 3 is 2.10 bits per heavy atom. The van der Waals surface area contributed by atoms with E-state index in [1.807, 2.05) is 48.5 Å². The fourth-order valence-corrected chi connectivity index (χ4v) is 3.63. The van der Waals surface area contributed by atoms with E-state index in [1.54, 1.807) is 30.3 Å². The van der Waals surface area contributed by atoms with E-state index in [0.717, 1.165) is 16.0 Å². The minimum Gasteiger partial charge on any atom is -0.489 e. The molecule has 31 heavy (non-hydrogen) atoms. The molecule has 0 aromatic heterocycles. The van der Waals surface area contributed by atoms with Gasteiger partial charge in [0, 0.05) is 6.42 Å². The van der Waals surface area contributed by atoms with Gasteiger partial charge in [-0.2, -0.15) is 0 Å². The Labute approximate surface area is 180 Å². The van der Waals surface area contributed by atoms with Crippen LogP contribution in [0, 0.1) is 0 Å². The van der Waals surface area contributed by atoms with E-state index < -0.39 is 23.8 Å². The molecule has 0 bridgehead atoms. The summed E-state index contributed by atoms with van der Waals surface area (Å²) in [5.41, 5.74) is 2.37. The first-order valence-corrected chi connectivity index (χ1v) is 9.89. The lowest BCUT2D eigenvalue weighted by Crippen LogP contribution is -2.46. The fourth-order valence-electron chi connectivity index (χ4n) is 3.63. The predicted molar refractivity (Wildman–Crippen MR) is 114 cm³/mol. The fraction of sp³-hybridized carbons (Fsp3) is 0.160. The maximum atomic E-state index is 12.9. The maximum absolute atomic E-state index is 12.9. The first-order chi connectivity index (χ1) is 15.1. The number of amides is 2. The van der Waals surface area contributed by atoms with Crippen molar-refractivity contribution < 1.29 is 23.9 Å². The zero-order chi connectivity index (χ0) is 21.8. The summed E-state index contributed by atoms with van der Waals surface area (Å²) < 4.78 is 10.8. The molecule has 0 radical (unpaired) electrons. The van der Waals surface area contributed by atoms with Crippen LogP contribution < -0.4 is 4.74 Å². The minimum atomic E-state index is -1.07. The molecule has 3 aromatic carbocycles. The first kappa shape index (κ1) is 20.3. The standard InChI is InChI=1S/C25H21NO5/c1-30-25(29)22(26-23(27)20-12-5-6-13-21(20)24(26)28)15-18-10-7-11-19(14-18)31-16-17-8-3-2-4-9-17/h2-14,22H,15-16H2,1H3/t22-/m0/s1. The number of fused-ring (bicyclic) bond motifs is 1. The lowest BCUT2D eigenvalue weighted by atomic mass is 10.0. The molecular formula is C25H21NO5. The summed E-state index contributed by atoms with van der Waals surface area (Å²) in [6.45, 7) is 0.406. The summed E-state index contributed by atoms with van der Waals surface area (Å²) in [5.74, 6) is -1.00. The number of benzene rings is 3. The third-order valence-corrected chi connectivity index (χ3v) is 5.19. The lowest BCUT2D eigenvalue weighted by molar-refractivity contribution is -0.145. The molecule has 2 amide bonds. The van der Waals surface area contributed by atoms with Crippen molar-refractivity contribution in [1.82, 2.24) is 4.90 Å². The second-order valence-corrected chi connectivity index (χ2v) is 7.19. The Kier molecular flexibility index (Phi) is 5.80. The molecule has 4 rings (SSSR count). The van der Waals surface area contributed by atoms with Gasteiger partial charge in [0.15, 0.2) is 0 Å². The summed E-state index contributed by atoms with van der Waals surface area (Å²) >= 11 is 0. The molecule has 0 spiro atoms. The maximum Gasteiger partial charge on any atom is 0.329 e. The Bertz CT molecular complexity index is 1090. The average Bonchev–Trinajstić information content (AvgIpc) is 3.07. The number of ether oxygens (including phenoxy) is 2. The smallest absolute Gasteiger partial charge is 0.329 e. The van der Waals surface area contributed by atoms with E-state index in [9.17, 15) is 14.4 Å². The van der Waals surface area contributed by atoms with Crippen molar-refractivity contribution in [3.05, 3.63) is 101 Å². The van der Waals surface area contributed by atoms with Gasteiger partial charge in [0.2, 0.25) is 0 Å². The lowest BCUT2D eigenvalue weighted by Gasteiger charge is -2.24. The molecule has 0 unspecified atom stereocenters. The van der Waals surface area contributed by atoms with Crippen LogP contribution in [0.15, 0.2) is 78.9 Å². The van der Waals surface area contributed by atoms with Gasteiger partial charge in [-0.25, -0.2) is 4.79 Å². The van der Waals surface area contributed by atoms with E-state index in [-0.39, 0.29) is 6.42 Å². The van der Waals surface area contributed by atoms with Crippen molar-refractivity contribution in [2.75, 3.05) is 7.11 Å². The molecular weight excluding hydrogens is 394 g/mol. The van der Waals surface area contributed by atoms with E-state index in [1.165, 1.54) is 7.11 Å². The number of imide groups is 1. The number of carbonyl (C=O) groups is 3. The number of hydrogen-bond acceptors (Lipinski definition) is 5. The van der Waals surface area contributed by atoms with Crippen molar-refractivity contribution in [3.8, 4) is 5.75 Å². The molecule has 6 heteroatoms. The third-order valence-electron chi connectivity index (χ3n) is 5.19. The monoisotopic (exact) mass is 415 g/mol. The third kappa shape index (κ3) is 4.19. The van der Waals surface area contributed by atoms with Crippen LogP contribution in [0.5, 0.6) is 5.75 Å². The molecule has 0 saturated carbocycles. The SMILES string of the molecule is COC(=O)[C@H](Cc1cccc(OCc2ccccc2)c1)N1C(=O)c2ccccc2C1=O. The van der Waals surface area contributed by atoms with Crippen LogP contribution in [-0.2, 0) is 22.6 Å². The van der Waals surface area contributed by atoms with Gasteiger partial charge in [0.05, 0.1) is 18.2 Å². The van der Waals surface area contributed by atoms with Gasteiger partial charge in [-0.3, -0.25) is 14.5 Å². The van der Waals surface area contributed by atoms with Crippen molar-refractivity contribution in [2.45, 2.75) is 19.1 Å². The van der Waals surface area contributed by atoms with Crippen LogP contribution in [0.2, 0.25) is 0 Å². The number of carbonyl (C=O) groups excluding carboxylic acids is 3. The van der Waals surface area contributed by atoms with Crippen LogP contribution in [0.4, 0.5) is 0 Å². The second kappa shape index (κ2) is 8.83. The molecule has 1 aliphatic heterocycles. The molecule has 1 aliphatic rings. The summed E-state index contributed by atoms with van der Waals surface area (Å²) in [4.78, 5) is 39.3. The molecule has 3 aromatic rings. The molecule has 0 saturated heterocycles. The van der Waals surface area contributed by atoms with Crippen LogP contribution in [0.25, 0.3) is 0 Å². The number of nitrogens with zero attached hydrogens (tertiary/aromatic N) is 1. The minimum absolute atomic E-state index is 0.126. The van der Waals surface area contributed by atoms with Gasteiger partial charge in [-0.05, 0) is 35.4 Å². The molecule has 0 fully saturated rings. The van der Waals surface area contributed by atoms with Crippen LogP contribution in [-0.4, -0.2) is 35.8 Å². The van der Waals surface area contributed by atoms with Crippen LogP contribution >= 0.6 is 0 Å². The Morgan fingerprint density at radius 1 is 0.839 bits per heavy atom. The average molecular weight is 415 g/mol. The Morgan fingerprint density at radius 2 is 1.45 bits per heavy atom.